The molecule has 2 aromatic rings. The van der Waals surface area contributed by atoms with Gasteiger partial charge in [-0.1, -0.05) is 0 Å². The van der Waals surface area contributed by atoms with Crippen LogP contribution in [-0.2, 0) is 0 Å². The average Bonchev–Trinajstić information content (AvgIpc) is 2.46. The van der Waals surface area contributed by atoms with Crippen molar-refractivity contribution in [2.75, 3.05) is 0 Å². The second kappa shape index (κ2) is 2.83. The van der Waals surface area contributed by atoms with Gasteiger partial charge in [0.2, 0.25) is 0 Å². The Balaban J connectivity index is 2.71. The molecule has 0 bridgehead atoms. The van der Waals surface area contributed by atoms with Crippen molar-refractivity contribution >= 4 is 11.0 Å². The van der Waals surface area contributed by atoms with Crippen molar-refractivity contribution in [3.63, 3.8) is 0 Å². The summed E-state index contributed by atoms with van der Waals surface area (Å²) in [5.74, 6) is 0. The zero-order valence-corrected chi connectivity index (χ0v) is 8.15. The number of fused-ring (bicyclic) bond motifs is 1. The number of hydrogen-bond donors (Lipinski definition) is 0. The van der Waals surface area contributed by atoms with Crippen molar-refractivity contribution in [2.45, 2.75) is 26.8 Å². The minimum Gasteiger partial charge on any atom is -0.245 e. The summed E-state index contributed by atoms with van der Waals surface area (Å²) >= 11 is 0. The van der Waals surface area contributed by atoms with E-state index in [9.17, 15) is 0 Å². The summed E-state index contributed by atoms with van der Waals surface area (Å²) in [5, 5.41) is 5.40. The lowest BCUT2D eigenvalue weighted by Crippen LogP contribution is -2.03. The molecule has 3 heteroatoms. The second-order valence-corrected chi connectivity index (χ2v) is 3.55. The molecule has 0 fully saturated rings. The fraction of sp³-hybridized carbons (Fsp3) is 0.400. The van der Waals surface area contributed by atoms with Gasteiger partial charge in [0.25, 0.3) is 0 Å². The number of pyridine rings is 1. The highest BCUT2D eigenvalue weighted by atomic mass is 15.3. The molecular formula is C10H13N3. The minimum atomic E-state index is 0.367. The van der Waals surface area contributed by atoms with Crippen molar-refractivity contribution < 1.29 is 0 Å². The molecule has 0 amide bonds. The minimum absolute atomic E-state index is 0.367. The van der Waals surface area contributed by atoms with Gasteiger partial charge in [-0.25, -0.2) is 9.67 Å². The van der Waals surface area contributed by atoms with Gasteiger partial charge >= 0.3 is 0 Å². The molecule has 3 nitrogen and oxygen atoms in total. The Hall–Kier alpha value is -1.38. The van der Waals surface area contributed by atoms with Crippen molar-refractivity contribution in [2.24, 2.45) is 0 Å². The van der Waals surface area contributed by atoms with Gasteiger partial charge in [0.1, 0.15) is 0 Å². The molecule has 0 aliphatic carbocycles. The maximum atomic E-state index is 4.46. The number of aromatic nitrogens is 3. The number of hydrogen-bond acceptors (Lipinski definition) is 2. The predicted octanol–water partition coefficient (Wildman–Crippen LogP) is 2.32. The smallest absolute Gasteiger partial charge is 0.158 e. The van der Waals surface area contributed by atoms with Crippen LogP contribution in [0.3, 0.4) is 0 Å². The summed E-state index contributed by atoms with van der Waals surface area (Å²) < 4.78 is 1.95. The standard InChI is InChI=1S/C10H13N3/c1-7(2)13-10-9(6-11-13)5-4-8(3)12-10/h4-7H,1-3H3. The number of nitrogens with zero attached hydrogens (tertiary/aromatic N) is 3. The van der Waals surface area contributed by atoms with E-state index in [4.69, 9.17) is 0 Å². The topological polar surface area (TPSA) is 30.7 Å². The fourth-order valence-corrected chi connectivity index (χ4v) is 1.40. The first-order valence-electron chi connectivity index (χ1n) is 4.49. The third-order valence-electron chi connectivity index (χ3n) is 2.07. The van der Waals surface area contributed by atoms with Crippen molar-refractivity contribution in [1.82, 2.24) is 14.8 Å². The lowest BCUT2D eigenvalue weighted by Gasteiger charge is -2.05. The van der Waals surface area contributed by atoms with E-state index in [0.717, 1.165) is 16.7 Å². The lowest BCUT2D eigenvalue weighted by atomic mass is 10.3. The van der Waals surface area contributed by atoms with E-state index >= 15 is 0 Å². The SMILES string of the molecule is Cc1ccc2cnn(C(C)C)c2n1. The van der Waals surface area contributed by atoms with Gasteiger partial charge in [0.15, 0.2) is 5.65 Å². The molecule has 0 atom stereocenters. The van der Waals surface area contributed by atoms with Crippen LogP contribution in [-0.4, -0.2) is 14.8 Å². The Morgan fingerprint density at radius 2 is 2.08 bits per heavy atom. The van der Waals surface area contributed by atoms with Crippen molar-refractivity contribution in [3.8, 4) is 0 Å². The fourth-order valence-electron chi connectivity index (χ4n) is 1.40. The second-order valence-electron chi connectivity index (χ2n) is 3.55. The molecular weight excluding hydrogens is 162 g/mol. The van der Waals surface area contributed by atoms with Crippen LogP contribution in [0.5, 0.6) is 0 Å². The van der Waals surface area contributed by atoms with E-state index in [1.165, 1.54) is 0 Å². The van der Waals surface area contributed by atoms with E-state index in [1.807, 2.05) is 23.9 Å². The molecule has 0 saturated heterocycles. The monoisotopic (exact) mass is 175 g/mol. The Kier molecular flexibility index (Phi) is 1.79. The van der Waals surface area contributed by atoms with Gasteiger partial charge in [-0.15, -0.1) is 0 Å². The van der Waals surface area contributed by atoms with E-state index in [1.54, 1.807) is 0 Å². The van der Waals surface area contributed by atoms with Crippen LogP contribution in [0.25, 0.3) is 11.0 Å². The quantitative estimate of drug-likeness (QED) is 0.666. The first kappa shape index (κ1) is 8.23. The maximum absolute atomic E-state index is 4.46. The van der Waals surface area contributed by atoms with Crippen molar-refractivity contribution in [3.05, 3.63) is 24.0 Å². The molecule has 13 heavy (non-hydrogen) atoms. The highest BCUT2D eigenvalue weighted by Gasteiger charge is 2.06. The van der Waals surface area contributed by atoms with Crippen molar-refractivity contribution in [1.29, 1.82) is 0 Å². The van der Waals surface area contributed by atoms with E-state index in [-0.39, 0.29) is 0 Å². The van der Waals surface area contributed by atoms with Gasteiger partial charge in [0, 0.05) is 17.1 Å². The lowest BCUT2D eigenvalue weighted by molar-refractivity contribution is 0.546. The molecule has 2 heterocycles. The molecule has 0 spiro atoms. The maximum Gasteiger partial charge on any atom is 0.158 e. The number of rotatable bonds is 1. The molecule has 0 aromatic carbocycles. The molecule has 0 N–H and O–H groups in total. The highest BCUT2D eigenvalue weighted by molar-refractivity contribution is 5.74. The Morgan fingerprint density at radius 3 is 2.77 bits per heavy atom. The van der Waals surface area contributed by atoms with Crippen LogP contribution in [0.15, 0.2) is 18.3 Å². The normalized spacial score (nSPS) is 11.4. The third-order valence-corrected chi connectivity index (χ3v) is 2.07. The zero-order chi connectivity index (χ0) is 9.42. The summed E-state index contributed by atoms with van der Waals surface area (Å²) in [6.45, 7) is 6.21. The average molecular weight is 175 g/mol. The molecule has 68 valence electrons. The zero-order valence-electron chi connectivity index (χ0n) is 8.15. The van der Waals surface area contributed by atoms with Crippen LogP contribution < -0.4 is 0 Å². The van der Waals surface area contributed by atoms with Gasteiger partial charge in [-0.3, -0.25) is 0 Å². The van der Waals surface area contributed by atoms with Crippen LogP contribution in [0.1, 0.15) is 25.6 Å². The Bertz CT molecular complexity index is 429. The molecule has 0 aliphatic rings. The van der Waals surface area contributed by atoms with Crippen LogP contribution in [0, 0.1) is 6.92 Å². The molecule has 0 aliphatic heterocycles. The van der Waals surface area contributed by atoms with E-state index in [0.29, 0.717) is 6.04 Å². The van der Waals surface area contributed by atoms with Gasteiger partial charge in [-0.2, -0.15) is 5.10 Å². The molecule has 0 saturated carbocycles. The molecule has 0 unspecified atom stereocenters. The van der Waals surface area contributed by atoms with Crippen LogP contribution in [0.4, 0.5) is 0 Å². The Morgan fingerprint density at radius 1 is 1.31 bits per heavy atom. The molecule has 2 rings (SSSR count). The van der Waals surface area contributed by atoms with Crippen LogP contribution >= 0.6 is 0 Å². The summed E-state index contributed by atoms with van der Waals surface area (Å²) in [7, 11) is 0. The van der Waals surface area contributed by atoms with E-state index < -0.39 is 0 Å². The molecule has 2 aromatic heterocycles. The van der Waals surface area contributed by atoms with Gasteiger partial charge in [-0.05, 0) is 32.9 Å². The van der Waals surface area contributed by atoms with Gasteiger partial charge < -0.3 is 0 Å². The largest absolute Gasteiger partial charge is 0.245 e. The first-order chi connectivity index (χ1) is 6.18. The predicted molar refractivity (Wildman–Crippen MR) is 52.7 cm³/mol. The summed E-state index contributed by atoms with van der Waals surface area (Å²) in [4.78, 5) is 4.46. The van der Waals surface area contributed by atoms with Gasteiger partial charge in [0.05, 0.1) is 6.20 Å². The van der Waals surface area contributed by atoms with E-state index in [2.05, 4.69) is 30.0 Å². The molecule has 0 radical (unpaired) electrons. The summed E-state index contributed by atoms with van der Waals surface area (Å²) in [6.07, 6.45) is 1.86. The number of aryl methyl sites for hydroxylation is 1. The summed E-state index contributed by atoms with van der Waals surface area (Å²) in [5.41, 5.74) is 2.02. The van der Waals surface area contributed by atoms with Crippen LogP contribution in [0.2, 0.25) is 0 Å². The first-order valence-corrected chi connectivity index (χ1v) is 4.49. The summed E-state index contributed by atoms with van der Waals surface area (Å²) in [6, 6.07) is 4.44. The Labute approximate surface area is 77.4 Å². The third kappa shape index (κ3) is 1.30. The highest BCUT2D eigenvalue weighted by Crippen LogP contribution is 2.15.